The molecule has 1 aliphatic carbocycles. The molecule has 0 unspecified atom stereocenters. The molecule has 2 aromatic rings. The zero-order valence-electron chi connectivity index (χ0n) is 19.7. The molecule has 7 nitrogen and oxygen atoms in total. The summed E-state index contributed by atoms with van der Waals surface area (Å²) in [5.74, 6) is 0.450. The third-order valence-corrected chi connectivity index (χ3v) is 8.12. The molecule has 2 atom stereocenters. The van der Waals surface area contributed by atoms with E-state index in [0.717, 1.165) is 55.7 Å². The molecule has 1 aromatic carbocycles. The maximum atomic E-state index is 12.9. The standard InChI is InChI=1S/C25H31Cl2N3O4S/c1-35(32,33)30-19-3-2-17(10-19)25(31)13-20-12-22(24(27)15-29-20)21-11-18(4-5-23(21)26)28-14-16-6-8-34-9-7-16/h4-5,11-12,15-17,19,28,30H,2-3,6-10,13-14H2,1H3/t17-,19+/m0/s1. The lowest BCUT2D eigenvalue weighted by Gasteiger charge is -2.23. The number of ether oxygens (including phenoxy) is 1. The van der Waals surface area contributed by atoms with E-state index >= 15 is 0 Å². The van der Waals surface area contributed by atoms with Crippen LogP contribution in [0.25, 0.3) is 11.1 Å². The first kappa shape index (κ1) is 26.4. The molecule has 2 N–H and O–H groups in total. The lowest BCUT2D eigenvalue weighted by molar-refractivity contribution is -0.122. The lowest BCUT2D eigenvalue weighted by atomic mass is 9.97. The van der Waals surface area contributed by atoms with Gasteiger partial charge in [-0.3, -0.25) is 9.78 Å². The van der Waals surface area contributed by atoms with Crippen LogP contribution in [0.5, 0.6) is 0 Å². The number of hydrogen-bond donors (Lipinski definition) is 2. The summed E-state index contributed by atoms with van der Waals surface area (Å²) in [5.41, 5.74) is 3.08. The summed E-state index contributed by atoms with van der Waals surface area (Å²) < 4.78 is 31.0. The van der Waals surface area contributed by atoms with Crippen LogP contribution < -0.4 is 10.0 Å². The van der Waals surface area contributed by atoms with Crippen molar-refractivity contribution in [3.05, 3.63) is 46.2 Å². The number of rotatable bonds is 9. The van der Waals surface area contributed by atoms with Crippen molar-refractivity contribution in [1.29, 1.82) is 0 Å². The van der Waals surface area contributed by atoms with Crippen LogP contribution in [0.15, 0.2) is 30.5 Å². The summed E-state index contributed by atoms with van der Waals surface area (Å²) in [6.45, 7) is 2.48. The molecule has 190 valence electrons. The minimum atomic E-state index is -3.29. The SMILES string of the molecule is CS(=O)(=O)N[C@@H]1CC[C@H](C(=O)Cc2cc(-c3cc(NCC4CCOCC4)ccc3Cl)c(Cl)cn2)C1. The van der Waals surface area contributed by atoms with Crippen LogP contribution >= 0.6 is 23.2 Å². The number of ketones is 1. The van der Waals surface area contributed by atoms with Gasteiger partial charge in [-0.2, -0.15) is 0 Å². The molecule has 1 aromatic heterocycles. The van der Waals surface area contributed by atoms with E-state index in [2.05, 4.69) is 15.0 Å². The molecule has 1 aliphatic heterocycles. The summed E-state index contributed by atoms with van der Waals surface area (Å²) in [7, 11) is -3.29. The first-order valence-electron chi connectivity index (χ1n) is 11.9. The molecule has 0 bridgehead atoms. The molecule has 4 rings (SSSR count). The Morgan fingerprint density at radius 3 is 2.57 bits per heavy atom. The van der Waals surface area contributed by atoms with Gasteiger partial charge in [0.25, 0.3) is 0 Å². The van der Waals surface area contributed by atoms with Crippen molar-refractivity contribution in [2.75, 3.05) is 31.3 Å². The van der Waals surface area contributed by atoms with Gasteiger partial charge in [0.15, 0.2) is 0 Å². The van der Waals surface area contributed by atoms with Crippen LogP contribution in [0.4, 0.5) is 5.69 Å². The third kappa shape index (κ3) is 7.40. The van der Waals surface area contributed by atoms with Crippen molar-refractivity contribution >= 4 is 44.7 Å². The number of Topliss-reactive ketones (excluding diaryl/α,β-unsaturated/α-hetero) is 1. The molecule has 0 radical (unpaired) electrons. The fraction of sp³-hybridized carbons (Fsp3) is 0.520. The Morgan fingerprint density at radius 2 is 1.83 bits per heavy atom. The van der Waals surface area contributed by atoms with Crippen LogP contribution in [-0.4, -0.2) is 51.2 Å². The molecule has 35 heavy (non-hydrogen) atoms. The smallest absolute Gasteiger partial charge is 0.208 e. The van der Waals surface area contributed by atoms with Crippen LogP contribution in [0.3, 0.4) is 0 Å². The maximum absolute atomic E-state index is 12.9. The van der Waals surface area contributed by atoms with E-state index in [4.69, 9.17) is 27.9 Å². The highest BCUT2D eigenvalue weighted by Crippen LogP contribution is 2.36. The van der Waals surface area contributed by atoms with Crippen molar-refractivity contribution in [3.8, 4) is 11.1 Å². The Bertz CT molecular complexity index is 1170. The Labute approximate surface area is 217 Å². The number of benzene rings is 1. The lowest BCUT2D eigenvalue weighted by Crippen LogP contribution is -2.32. The van der Waals surface area contributed by atoms with Crippen LogP contribution in [0.2, 0.25) is 10.0 Å². The van der Waals surface area contributed by atoms with Gasteiger partial charge >= 0.3 is 0 Å². The Hall–Kier alpha value is -1.71. The van der Waals surface area contributed by atoms with E-state index in [1.165, 1.54) is 0 Å². The molecular formula is C25H31Cl2N3O4S. The van der Waals surface area contributed by atoms with Crippen molar-refractivity contribution in [2.45, 2.75) is 44.6 Å². The Morgan fingerprint density at radius 1 is 1.09 bits per heavy atom. The zero-order valence-corrected chi connectivity index (χ0v) is 22.1. The molecule has 0 spiro atoms. The number of nitrogens with one attached hydrogen (secondary N) is 2. The average molecular weight is 541 g/mol. The van der Waals surface area contributed by atoms with Gasteiger partial charge in [0.05, 0.1) is 11.3 Å². The minimum absolute atomic E-state index is 0.0570. The molecule has 10 heteroatoms. The van der Waals surface area contributed by atoms with Gasteiger partial charge in [-0.1, -0.05) is 23.2 Å². The number of carbonyl (C=O) groups excluding carboxylic acids is 1. The van der Waals surface area contributed by atoms with Crippen molar-refractivity contribution in [3.63, 3.8) is 0 Å². The summed E-state index contributed by atoms with van der Waals surface area (Å²) in [4.78, 5) is 17.3. The zero-order chi connectivity index (χ0) is 25.0. The number of pyridine rings is 1. The predicted molar refractivity (Wildman–Crippen MR) is 140 cm³/mol. The molecule has 1 saturated heterocycles. The van der Waals surface area contributed by atoms with E-state index in [1.807, 2.05) is 24.3 Å². The van der Waals surface area contributed by atoms with Crippen LogP contribution in [0, 0.1) is 11.8 Å². The summed E-state index contributed by atoms with van der Waals surface area (Å²) in [6.07, 6.45) is 6.80. The third-order valence-electron chi connectivity index (χ3n) is 6.73. The topological polar surface area (TPSA) is 97.4 Å². The molecular weight excluding hydrogens is 509 g/mol. The van der Waals surface area contributed by atoms with E-state index < -0.39 is 10.0 Å². The predicted octanol–water partition coefficient (Wildman–Crippen LogP) is 4.72. The fourth-order valence-corrected chi connectivity index (χ4v) is 6.09. The number of carbonyl (C=O) groups is 1. The highest BCUT2D eigenvalue weighted by molar-refractivity contribution is 7.88. The normalized spacial score (nSPS) is 21.2. The first-order chi connectivity index (χ1) is 16.7. The largest absolute Gasteiger partial charge is 0.385 e. The van der Waals surface area contributed by atoms with Gasteiger partial charge in [-0.15, -0.1) is 0 Å². The van der Waals surface area contributed by atoms with E-state index in [9.17, 15) is 13.2 Å². The number of nitrogens with zero attached hydrogens (tertiary/aromatic N) is 1. The quantitative estimate of drug-likeness (QED) is 0.478. The van der Waals surface area contributed by atoms with Gasteiger partial charge in [-0.25, -0.2) is 13.1 Å². The molecule has 2 heterocycles. The second-order valence-corrected chi connectivity index (χ2v) is 12.1. The van der Waals surface area contributed by atoms with Gasteiger partial charge in [0, 0.05) is 71.9 Å². The van der Waals surface area contributed by atoms with E-state index in [1.54, 1.807) is 6.20 Å². The van der Waals surface area contributed by atoms with Crippen molar-refractivity contribution in [1.82, 2.24) is 9.71 Å². The number of anilines is 1. The van der Waals surface area contributed by atoms with E-state index in [-0.39, 0.29) is 24.2 Å². The second kappa shape index (κ2) is 11.6. The van der Waals surface area contributed by atoms with Gasteiger partial charge < -0.3 is 10.1 Å². The van der Waals surface area contributed by atoms with Crippen molar-refractivity contribution in [2.24, 2.45) is 11.8 Å². The average Bonchev–Trinajstić information content (AvgIpc) is 3.27. The molecule has 0 amide bonds. The molecule has 1 saturated carbocycles. The first-order valence-corrected chi connectivity index (χ1v) is 14.6. The van der Waals surface area contributed by atoms with Crippen LogP contribution in [0.1, 0.15) is 37.8 Å². The summed E-state index contributed by atoms with van der Waals surface area (Å²) in [5, 5.41) is 4.53. The minimum Gasteiger partial charge on any atom is -0.385 e. The van der Waals surface area contributed by atoms with E-state index in [0.29, 0.717) is 40.9 Å². The number of aromatic nitrogens is 1. The summed E-state index contributed by atoms with van der Waals surface area (Å²) in [6, 6.07) is 7.41. The number of sulfonamides is 1. The highest BCUT2D eigenvalue weighted by atomic mass is 35.5. The number of hydrogen-bond acceptors (Lipinski definition) is 6. The summed E-state index contributed by atoms with van der Waals surface area (Å²) >= 11 is 13.0. The Kier molecular flexibility index (Phi) is 8.71. The van der Waals surface area contributed by atoms with Gasteiger partial charge in [0.2, 0.25) is 10.0 Å². The Balaban J connectivity index is 1.45. The van der Waals surface area contributed by atoms with Crippen molar-refractivity contribution < 1.29 is 17.9 Å². The fourth-order valence-electron chi connectivity index (χ4n) is 4.85. The molecule has 2 fully saturated rings. The highest BCUT2D eigenvalue weighted by Gasteiger charge is 2.31. The molecule has 2 aliphatic rings. The van der Waals surface area contributed by atoms with Crippen LogP contribution in [-0.2, 0) is 26.0 Å². The maximum Gasteiger partial charge on any atom is 0.208 e. The second-order valence-electron chi connectivity index (χ2n) is 9.53. The monoisotopic (exact) mass is 539 g/mol. The number of halogens is 2. The van der Waals surface area contributed by atoms with Gasteiger partial charge in [-0.05, 0) is 62.3 Å². The van der Waals surface area contributed by atoms with Gasteiger partial charge in [0.1, 0.15) is 5.78 Å².